The SMILES string of the molecule is Cc1n[nH]nc1C(=O)N1CCCC2(CCc3cnc(N)nc32)C1. The van der Waals surface area contributed by atoms with E-state index in [4.69, 9.17) is 5.73 Å². The second-order valence-corrected chi connectivity index (χ2v) is 6.47. The molecule has 0 bridgehead atoms. The molecule has 1 amide bonds. The number of aryl methyl sites for hydroxylation is 2. The summed E-state index contributed by atoms with van der Waals surface area (Å²) >= 11 is 0. The Hall–Kier alpha value is -2.51. The molecular weight excluding hydrogens is 294 g/mol. The Morgan fingerprint density at radius 2 is 2.26 bits per heavy atom. The average molecular weight is 313 g/mol. The second-order valence-electron chi connectivity index (χ2n) is 6.47. The number of likely N-dealkylation sites (tertiary alicyclic amines) is 1. The smallest absolute Gasteiger partial charge is 0.276 e. The summed E-state index contributed by atoms with van der Waals surface area (Å²) < 4.78 is 0. The third-order valence-corrected chi connectivity index (χ3v) is 5.05. The number of anilines is 1. The molecule has 4 rings (SSSR count). The van der Waals surface area contributed by atoms with Crippen molar-refractivity contribution in [1.82, 2.24) is 30.3 Å². The van der Waals surface area contributed by atoms with Crippen molar-refractivity contribution < 1.29 is 4.79 Å². The van der Waals surface area contributed by atoms with Gasteiger partial charge in [-0.15, -0.1) is 0 Å². The summed E-state index contributed by atoms with van der Waals surface area (Å²) in [6.45, 7) is 3.18. The molecule has 3 heterocycles. The van der Waals surface area contributed by atoms with Gasteiger partial charge < -0.3 is 10.6 Å². The first-order valence-electron chi connectivity index (χ1n) is 7.88. The highest BCUT2D eigenvalue weighted by molar-refractivity contribution is 5.93. The van der Waals surface area contributed by atoms with Crippen LogP contribution in [0.3, 0.4) is 0 Å². The third-order valence-electron chi connectivity index (χ3n) is 5.05. The molecule has 2 aromatic heterocycles. The van der Waals surface area contributed by atoms with E-state index < -0.39 is 0 Å². The molecule has 23 heavy (non-hydrogen) atoms. The Morgan fingerprint density at radius 1 is 1.39 bits per heavy atom. The van der Waals surface area contributed by atoms with Crippen LogP contribution in [0, 0.1) is 6.92 Å². The van der Waals surface area contributed by atoms with Gasteiger partial charge in [0.1, 0.15) is 0 Å². The summed E-state index contributed by atoms with van der Waals surface area (Å²) in [5.74, 6) is 0.242. The fraction of sp³-hybridized carbons (Fsp3) is 0.533. The van der Waals surface area contributed by atoms with Gasteiger partial charge >= 0.3 is 0 Å². The molecule has 1 unspecified atom stereocenters. The Kier molecular flexibility index (Phi) is 3.07. The number of rotatable bonds is 1. The van der Waals surface area contributed by atoms with Crippen molar-refractivity contribution in [2.24, 2.45) is 0 Å². The van der Waals surface area contributed by atoms with Crippen LogP contribution in [0.4, 0.5) is 5.95 Å². The van der Waals surface area contributed by atoms with Gasteiger partial charge in [-0.3, -0.25) is 4.79 Å². The van der Waals surface area contributed by atoms with Gasteiger partial charge in [0.05, 0.1) is 11.4 Å². The molecule has 0 aromatic carbocycles. The van der Waals surface area contributed by atoms with Crippen molar-refractivity contribution in [2.75, 3.05) is 18.8 Å². The number of nitrogen functional groups attached to an aromatic ring is 1. The highest BCUT2D eigenvalue weighted by Crippen LogP contribution is 2.44. The normalized spacial score (nSPS) is 23.3. The van der Waals surface area contributed by atoms with Crippen LogP contribution in [0.5, 0.6) is 0 Å². The fourth-order valence-corrected chi connectivity index (χ4v) is 3.89. The minimum atomic E-state index is -0.0993. The number of H-pyrrole nitrogens is 1. The predicted molar refractivity (Wildman–Crippen MR) is 82.7 cm³/mol. The summed E-state index contributed by atoms with van der Waals surface area (Å²) in [4.78, 5) is 23.2. The molecule has 8 nitrogen and oxygen atoms in total. The van der Waals surface area contributed by atoms with Crippen molar-refractivity contribution in [3.8, 4) is 0 Å². The number of hydrogen-bond donors (Lipinski definition) is 2. The quantitative estimate of drug-likeness (QED) is 0.797. The van der Waals surface area contributed by atoms with Crippen LogP contribution in [0.15, 0.2) is 6.20 Å². The van der Waals surface area contributed by atoms with E-state index in [0.717, 1.165) is 43.5 Å². The Bertz CT molecular complexity index is 767. The first kappa shape index (κ1) is 14.1. The Labute approximate surface area is 133 Å². The van der Waals surface area contributed by atoms with Crippen molar-refractivity contribution in [2.45, 2.75) is 38.0 Å². The largest absolute Gasteiger partial charge is 0.368 e. The summed E-state index contributed by atoms with van der Waals surface area (Å²) in [5, 5.41) is 10.5. The van der Waals surface area contributed by atoms with Crippen LogP contribution in [0.25, 0.3) is 0 Å². The minimum Gasteiger partial charge on any atom is -0.368 e. The number of carbonyl (C=O) groups excluding carboxylic acids is 1. The molecule has 3 N–H and O–H groups in total. The van der Waals surface area contributed by atoms with Crippen LogP contribution >= 0.6 is 0 Å². The molecule has 1 spiro atoms. The predicted octanol–water partition coefficient (Wildman–Crippen LogP) is 0.606. The van der Waals surface area contributed by atoms with Gasteiger partial charge in [-0.1, -0.05) is 0 Å². The molecule has 1 saturated heterocycles. The maximum absolute atomic E-state index is 12.7. The third kappa shape index (κ3) is 2.16. The van der Waals surface area contributed by atoms with Gasteiger partial charge in [0.25, 0.3) is 5.91 Å². The molecule has 1 atom stereocenters. The first-order chi connectivity index (χ1) is 11.1. The topological polar surface area (TPSA) is 114 Å². The zero-order valence-electron chi connectivity index (χ0n) is 13.0. The van der Waals surface area contributed by atoms with E-state index >= 15 is 0 Å². The summed E-state index contributed by atoms with van der Waals surface area (Å²) in [6.07, 6.45) is 5.74. The number of aromatic amines is 1. The van der Waals surface area contributed by atoms with Gasteiger partial charge in [-0.05, 0) is 38.2 Å². The number of nitrogens with two attached hydrogens (primary N) is 1. The summed E-state index contributed by atoms with van der Waals surface area (Å²) in [5.41, 5.74) is 8.91. The molecular formula is C15H19N7O. The lowest BCUT2D eigenvalue weighted by atomic mass is 9.77. The summed E-state index contributed by atoms with van der Waals surface area (Å²) in [7, 11) is 0. The molecule has 2 aromatic rings. The molecule has 1 aliphatic heterocycles. The minimum absolute atomic E-state index is 0.0641. The van der Waals surface area contributed by atoms with Crippen LogP contribution < -0.4 is 5.73 Å². The highest BCUT2D eigenvalue weighted by Gasteiger charge is 2.45. The lowest BCUT2D eigenvalue weighted by Gasteiger charge is -2.40. The molecule has 2 aliphatic rings. The van der Waals surface area contributed by atoms with E-state index in [1.807, 2.05) is 11.1 Å². The summed E-state index contributed by atoms with van der Waals surface area (Å²) in [6, 6.07) is 0. The number of carbonyl (C=O) groups is 1. The molecule has 0 radical (unpaired) electrons. The number of hydrogen-bond acceptors (Lipinski definition) is 6. The van der Waals surface area contributed by atoms with Gasteiger partial charge in [0.2, 0.25) is 5.95 Å². The zero-order chi connectivity index (χ0) is 16.0. The van der Waals surface area contributed by atoms with Crippen LogP contribution in [0.1, 0.15) is 46.7 Å². The zero-order valence-corrected chi connectivity index (χ0v) is 13.0. The van der Waals surface area contributed by atoms with Gasteiger partial charge in [0.15, 0.2) is 5.69 Å². The monoisotopic (exact) mass is 313 g/mol. The number of nitrogens with zero attached hydrogens (tertiary/aromatic N) is 5. The van der Waals surface area contributed by atoms with E-state index in [2.05, 4.69) is 25.4 Å². The maximum Gasteiger partial charge on any atom is 0.276 e. The van der Waals surface area contributed by atoms with E-state index in [0.29, 0.717) is 23.9 Å². The second kappa shape index (κ2) is 5.00. The van der Waals surface area contributed by atoms with E-state index in [9.17, 15) is 4.79 Å². The van der Waals surface area contributed by atoms with Crippen LogP contribution in [-0.4, -0.2) is 49.3 Å². The standard InChI is InChI=1S/C15H19N7O/c1-9-11(20-21-19-9)13(23)22-6-2-4-15(8-22)5-3-10-7-17-14(16)18-12(10)15/h7H,2-6,8H2,1H3,(H2,16,17,18)(H,19,20,21). The molecule has 120 valence electrons. The number of amides is 1. The van der Waals surface area contributed by atoms with Gasteiger partial charge in [-0.2, -0.15) is 15.4 Å². The van der Waals surface area contributed by atoms with Crippen LogP contribution in [-0.2, 0) is 11.8 Å². The number of piperidine rings is 1. The van der Waals surface area contributed by atoms with E-state index in [1.165, 1.54) is 0 Å². The molecule has 1 aliphatic carbocycles. The first-order valence-corrected chi connectivity index (χ1v) is 7.88. The lowest BCUT2D eigenvalue weighted by Crippen LogP contribution is -2.48. The number of nitrogens with one attached hydrogen (secondary N) is 1. The Balaban J connectivity index is 1.65. The number of fused-ring (bicyclic) bond motifs is 2. The molecule has 0 saturated carbocycles. The van der Waals surface area contributed by atoms with E-state index in [-0.39, 0.29) is 11.3 Å². The molecule has 8 heteroatoms. The lowest BCUT2D eigenvalue weighted by molar-refractivity contribution is 0.0627. The van der Waals surface area contributed by atoms with Gasteiger partial charge in [0, 0.05) is 24.7 Å². The van der Waals surface area contributed by atoms with Crippen molar-refractivity contribution in [1.29, 1.82) is 0 Å². The van der Waals surface area contributed by atoms with Crippen molar-refractivity contribution in [3.63, 3.8) is 0 Å². The Morgan fingerprint density at radius 3 is 3.04 bits per heavy atom. The number of aromatic nitrogens is 5. The molecule has 1 fully saturated rings. The highest BCUT2D eigenvalue weighted by atomic mass is 16.2. The van der Waals surface area contributed by atoms with Crippen molar-refractivity contribution in [3.05, 3.63) is 28.8 Å². The van der Waals surface area contributed by atoms with Crippen molar-refractivity contribution >= 4 is 11.9 Å². The maximum atomic E-state index is 12.7. The van der Waals surface area contributed by atoms with E-state index in [1.54, 1.807) is 6.92 Å². The fourth-order valence-electron chi connectivity index (χ4n) is 3.89. The average Bonchev–Trinajstić information content (AvgIpc) is 3.12. The van der Waals surface area contributed by atoms with Crippen LogP contribution in [0.2, 0.25) is 0 Å². The van der Waals surface area contributed by atoms with Gasteiger partial charge in [-0.25, -0.2) is 9.97 Å².